The lowest BCUT2D eigenvalue weighted by molar-refractivity contribution is 1.18. The Kier molecular flexibility index (Phi) is 8.19. The number of benzene rings is 10. The Hall–Kier alpha value is -7.68. The van der Waals surface area contributed by atoms with Gasteiger partial charge in [-0.1, -0.05) is 170 Å². The van der Waals surface area contributed by atoms with E-state index in [-0.39, 0.29) is 0 Å². The maximum atomic E-state index is 2.45. The van der Waals surface area contributed by atoms with Crippen molar-refractivity contribution in [2.75, 3.05) is 4.90 Å². The first kappa shape index (κ1) is 33.6. The molecule has 272 valence electrons. The van der Waals surface area contributed by atoms with Crippen LogP contribution >= 0.6 is 0 Å². The van der Waals surface area contributed by atoms with E-state index in [0.717, 1.165) is 33.8 Å². The molecule has 2 nitrogen and oxygen atoms in total. The number of rotatable bonds is 7. The van der Waals surface area contributed by atoms with Gasteiger partial charge in [-0.25, -0.2) is 0 Å². The van der Waals surface area contributed by atoms with Crippen molar-refractivity contribution in [3.63, 3.8) is 0 Å². The van der Waals surface area contributed by atoms with E-state index in [4.69, 9.17) is 0 Å². The fourth-order valence-electron chi connectivity index (χ4n) is 8.79. The molecule has 10 aromatic carbocycles. The molecule has 0 fully saturated rings. The Bertz CT molecular complexity index is 3290. The molecule has 0 radical (unpaired) electrons. The Balaban J connectivity index is 1.18. The summed E-state index contributed by atoms with van der Waals surface area (Å²) in [4.78, 5) is 2.45. The molecular weight excluding hydrogens is 701 g/mol. The van der Waals surface area contributed by atoms with Crippen LogP contribution in [0.3, 0.4) is 0 Å². The van der Waals surface area contributed by atoms with Crippen molar-refractivity contribution in [3.8, 4) is 39.1 Å². The van der Waals surface area contributed by atoms with Crippen molar-refractivity contribution in [2.45, 2.75) is 0 Å². The molecule has 0 aliphatic rings. The second kappa shape index (κ2) is 14.1. The van der Waals surface area contributed by atoms with Gasteiger partial charge in [0.25, 0.3) is 0 Å². The van der Waals surface area contributed by atoms with Gasteiger partial charge in [-0.2, -0.15) is 0 Å². The molecule has 0 aliphatic carbocycles. The van der Waals surface area contributed by atoms with Crippen LogP contribution in [0, 0.1) is 0 Å². The van der Waals surface area contributed by atoms with Gasteiger partial charge in [0.2, 0.25) is 0 Å². The zero-order valence-electron chi connectivity index (χ0n) is 31.8. The summed E-state index contributed by atoms with van der Waals surface area (Å²) < 4.78 is 2.40. The van der Waals surface area contributed by atoms with E-state index < -0.39 is 0 Å². The maximum absolute atomic E-state index is 2.45. The highest BCUT2D eigenvalue weighted by Gasteiger charge is 2.22. The van der Waals surface area contributed by atoms with E-state index in [9.17, 15) is 0 Å². The fourth-order valence-corrected chi connectivity index (χ4v) is 8.79. The first-order valence-corrected chi connectivity index (χ1v) is 19.9. The van der Waals surface area contributed by atoms with Gasteiger partial charge >= 0.3 is 0 Å². The molecule has 0 saturated heterocycles. The summed E-state index contributed by atoms with van der Waals surface area (Å²) in [7, 11) is 0. The Morgan fingerprint density at radius 2 is 0.845 bits per heavy atom. The normalized spacial score (nSPS) is 11.4. The van der Waals surface area contributed by atoms with E-state index in [2.05, 4.69) is 240 Å². The Morgan fingerprint density at radius 3 is 1.59 bits per heavy atom. The third-order valence-corrected chi connectivity index (χ3v) is 11.5. The first-order valence-electron chi connectivity index (χ1n) is 19.9. The van der Waals surface area contributed by atoms with Crippen LogP contribution in [0.25, 0.3) is 82.4 Å². The molecule has 0 atom stereocenters. The van der Waals surface area contributed by atoms with Crippen LogP contribution in [0.2, 0.25) is 0 Å². The lowest BCUT2D eigenvalue weighted by atomic mass is 9.92. The number of nitrogens with zero attached hydrogens (tertiary/aromatic N) is 2. The highest BCUT2D eigenvalue weighted by molar-refractivity contribution is 6.10. The molecule has 0 unspecified atom stereocenters. The quantitative estimate of drug-likeness (QED) is 0.158. The Labute approximate surface area is 338 Å². The zero-order valence-corrected chi connectivity index (χ0v) is 31.8. The predicted octanol–water partition coefficient (Wildman–Crippen LogP) is 15.6. The topological polar surface area (TPSA) is 8.17 Å². The molecule has 0 aliphatic heterocycles. The maximum Gasteiger partial charge on any atom is 0.0561 e. The average molecular weight is 739 g/mol. The van der Waals surface area contributed by atoms with E-state index in [1.54, 1.807) is 0 Å². The van der Waals surface area contributed by atoms with Crippen molar-refractivity contribution < 1.29 is 0 Å². The first-order chi connectivity index (χ1) is 28.8. The van der Waals surface area contributed by atoms with E-state index in [1.807, 2.05) is 0 Å². The number of anilines is 3. The van der Waals surface area contributed by atoms with Crippen LogP contribution in [-0.2, 0) is 0 Å². The van der Waals surface area contributed by atoms with Crippen LogP contribution in [0.4, 0.5) is 17.1 Å². The van der Waals surface area contributed by atoms with Gasteiger partial charge in [0.1, 0.15) is 0 Å². The van der Waals surface area contributed by atoms with Crippen LogP contribution in [0.5, 0.6) is 0 Å². The molecule has 0 amide bonds. The molecule has 0 bridgehead atoms. The second-order valence-electron chi connectivity index (χ2n) is 15.0. The summed E-state index contributed by atoms with van der Waals surface area (Å²) in [5.74, 6) is 0. The molecule has 0 spiro atoms. The summed E-state index contributed by atoms with van der Waals surface area (Å²) in [6.45, 7) is 0. The molecule has 11 aromatic rings. The summed E-state index contributed by atoms with van der Waals surface area (Å²) in [5, 5.41) is 7.39. The predicted molar refractivity (Wildman–Crippen MR) is 247 cm³/mol. The van der Waals surface area contributed by atoms with Gasteiger partial charge in [0, 0.05) is 33.4 Å². The van der Waals surface area contributed by atoms with Gasteiger partial charge in [0.15, 0.2) is 0 Å². The largest absolute Gasteiger partial charge is 0.310 e. The zero-order chi connectivity index (χ0) is 38.4. The Morgan fingerprint density at radius 1 is 0.293 bits per heavy atom. The summed E-state index contributed by atoms with van der Waals surface area (Å²) in [6, 6.07) is 83.9. The van der Waals surface area contributed by atoms with Gasteiger partial charge in [-0.05, 0) is 110 Å². The molecule has 11 rings (SSSR count). The monoisotopic (exact) mass is 738 g/mol. The van der Waals surface area contributed by atoms with Gasteiger partial charge in [-0.3, -0.25) is 0 Å². The number of para-hydroxylation sites is 3. The number of hydrogen-bond donors (Lipinski definition) is 0. The van der Waals surface area contributed by atoms with Gasteiger partial charge in [-0.15, -0.1) is 0 Å². The van der Waals surface area contributed by atoms with Crippen LogP contribution in [0.1, 0.15) is 0 Å². The lowest BCUT2D eigenvalue weighted by Gasteiger charge is -2.29. The van der Waals surface area contributed by atoms with Crippen molar-refractivity contribution in [3.05, 3.63) is 231 Å². The van der Waals surface area contributed by atoms with E-state index >= 15 is 0 Å². The number of aromatic nitrogens is 1. The lowest BCUT2D eigenvalue weighted by Crippen LogP contribution is -2.12. The minimum atomic E-state index is 1.08. The minimum absolute atomic E-state index is 1.08. The van der Waals surface area contributed by atoms with Crippen LogP contribution in [0.15, 0.2) is 231 Å². The van der Waals surface area contributed by atoms with Crippen LogP contribution < -0.4 is 4.90 Å². The molecule has 0 N–H and O–H groups in total. The number of fused-ring (bicyclic) bond motifs is 5. The summed E-state index contributed by atoms with van der Waals surface area (Å²) in [6.07, 6.45) is 0. The summed E-state index contributed by atoms with van der Waals surface area (Å²) in [5.41, 5.74) is 13.9. The third-order valence-electron chi connectivity index (χ3n) is 11.5. The summed E-state index contributed by atoms with van der Waals surface area (Å²) >= 11 is 0. The molecule has 1 aromatic heterocycles. The van der Waals surface area contributed by atoms with Crippen molar-refractivity contribution in [1.29, 1.82) is 0 Å². The second-order valence-corrected chi connectivity index (χ2v) is 15.0. The standard InChI is InChI=1S/C56H38N2/c1-3-17-41(18-4-1)53-37-47(31-33-49(53)44-29-27-39-15-7-9-19-42(39)35-44)57(54-25-13-11-23-50(54)45-30-28-40-16-8-10-20-43(40)36-45)48-32-34-52-51-24-12-14-26-55(51)58(56(52)38-48)46-21-5-2-6-22-46/h1-38H. The molecule has 58 heavy (non-hydrogen) atoms. The SMILES string of the molecule is c1ccc(-c2cc(N(c3ccc4c5ccccc5n(-c5ccccc5)c4c3)c3ccccc3-c3ccc4ccccc4c3)ccc2-c2ccc3ccccc3c2)cc1. The van der Waals surface area contributed by atoms with Crippen molar-refractivity contribution in [1.82, 2.24) is 4.57 Å². The average Bonchev–Trinajstić information content (AvgIpc) is 3.63. The number of hydrogen-bond acceptors (Lipinski definition) is 1. The minimum Gasteiger partial charge on any atom is -0.310 e. The van der Waals surface area contributed by atoms with Crippen molar-refractivity contribution >= 4 is 60.4 Å². The van der Waals surface area contributed by atoms with Crippen molar-refractivity contribution in [2.24, 2.45) is 0 Å². The smallest absolute Gasteiger partial charge is 0.0561 e. The fraction of sp³-hybridized carbons (Fsp3) is 0. The highest BCUT2D eigenvalue weighted by Crippen LogP contribution is 2.46. The van der Waals surface area contributed by atoms with E-state index in [0.29, 0.717) is 0 Å². The highest BCUT2D eigenvalue weighted by atomic mass is 15.1. The molecule has 1 heterocycles. The molecule has 0 saturated carbocycles. The van der Waals surface area contributed by atoms with E-state index in [1.165, 1.54) is 65.7 Å². The molecular formula is C56H38N2. The molecule has 2 heteroatoms. The van der Waals surface area contributed by atoms with Crippen LogP contribution in [-0.4, -0.2) is 4.57 Å². The van der Waals surface area contributed by atoms with Gasteiger partial charge in [0.05, 0.1) is 16.7 Å². The third kappa shape index (κ3) is 5.82. The van der Waals surface area contributed by atoms with Gasteiger partial charge < -0.3 is 9.47 Å².